The van der Waals surface area contributed by atoms with Crippen molar-refractivity contribution in [2.24, 2.45) is 0 Å². The molecule has 1 fully saturated rings. The zero-order valence-electron chi connectivity index (χ0n) is 23.6. The number of hydrogen-bond donors (Lipinski definition) is 2. The number of ether oxygens (including phenoxy) is 3. The molecule has 0 spiro atoms. The lowest BCUT2D eigenvalue weighted by Crippen LogP contribution is -2.48. The molecular formula is C31H37FN2O6Si. The summed E-state index contributed by atoms with van der Waals surface area (Å²) in [6.07, 6.45) is -3.14. The highest BCUT2D eigenvalue weighted by atomic mass is 28.3. The van der Waals surface area contributed by atoms with E-state index in [-0.39, 0.29) is 19.8 Å². The number of aromatic amines is 1. The molecule has 8 nitrogen and oxygen atoms in total. The van der Waals surface area contributed by atoms with E-state index >= 15 is 0 Å². The number of aromatic nitrogens is 2. The van der Waals surface area contributed by atoms with E-state index in [1.54, 1.807) is 0 Å². The largest absolute Gasteiger partial charge is 0.386 e. The summed E-state index contributed by atoms with van der Waals surface area (Å²) in [4.78, 5) is 26.4. The van der Waals surface area contributed by atoms with Crippen LogP contribution in [0.25, 0.3) is 0 Å². The highest BCUT2D eigenvalue weighted by molar-refractivity contribution is 6.87. The lowest BCUT2D eigenvalue weighted by molar-refractivity contribution is -0.124. The zero-order valence-corrected chi connectivity index (χ0v) is 24.6. The van der Waals surface area contributed by atoms with Crippen molar-refractivity contribution in [1.82, 2.24) is 9.55 Å². The van der Waals surface area contributed by atoms with Crippen molar-refractivity contribution in [2.45, 2.75) is 76.2 Å². The number of nitrogens with zero attached hydrogens (tertiary/aromatic N) is 1. The van der Waals surface area contributed by atoms with Crippen LogP contribution in [0, 0.1) is 17.3 Å². The van der Waals surface area contributed by atoms with Gasteiger partial charge in [0.2, 0.25) is 5.82 Å². The minimum absolute atomic E-state index is 0.0792. The predicted molar refractivity (Wildman–Crippen MR) is 156 cm³/mol. The average Bonchev–Trinajstić information content (AvgIpc) is 3.26. The smallest absolute Gasteiger partial charge is 0.330 e. The van der Waals surface area contributed by atoms with Gasteiger partial charge in [-0.05, 0) is 29.3 Å². The number of hydrogen-bond acceptors (Lipinski definition) is 6. The van der Waals surface area contributed by atoms with Gasteiger partial charge in [-0.15, -0.1) is 5.54 Å². The third-order valence-electron chi connectivity index (χ3n) is 7.86. The second-order valence-corrected chi connectivity index (χ2v) is 15.3. The molecule has 0 unspecified atom stereocenters. The van der Waals surface area contributed by atoms with E-state index in [1.807, 2.05) is 65.6 Å². The van der Waals surface area contributed by atoms with E-state index in [0.29, 0.717) is 0 Å². The molecular weight excluding hydrogens is 543 g/mol. The quantitative estimate of drug-likeness (QED) is 0.261. The molecule has 3 aromatic rings. The fraction of sp³-hybridized carbons (Fsp3) is 0.419. The van der Waals surface area contributed by atoms with Crippen LogP contribution in [0.2, 0.25) is 18.1 Å². The van der Waals surface area contributed by atoms with Gasteiger partial charge in [-0.3, -0.25) is 14.3 Å². The molecule has 1 saturated heterocycles. The van der Waals surface area contributed by atoms with Crippen LogP contribution >= 0.6 is 0 Å². The van der Waals surface area contributed by atoms with Crippen LogP contribution in [0.1, 0.15) is 38.1 Å². The highest BCUT2D eigenvalue weighted by Crippen LogP contribution is 2.40. The summed E-state index contributed by atoms with van der Waals surface area (Å²) in [6, 6.07) is 21.8. The van der Waals surface area contributed by atoms with Crippen molar-refractivity contribution in [1.29, 1.82) is 0 Å². The summed E-state index contributed by atoms with van der Waals surface area (Å²) < 4.78 is 34.0. The molecule has 0 saturated carbocycles. The monoisotopic (exact) mass is 580 g/mol. The first kappa shape index (κ1) is 30.6. The normalized spacial score (nSPS) is 22.3. The molecule has 2 heterocycles. The summed E-state index contributed by atoms with van der Waals surface area (Å²) >= 11 is 0. The van der Waals surface area contributed by atoms with Gasteiger partial charge in [0, 0.05) is 0 Å². The molecule has 2 aromatic carbocycles. The molecule has 41 heavy (non-hydrogen) atoms. The maximum absolute atomic E-state index is 14.3. The molecule has 218 valence electrons. The summed E-state index contributed by atoms with van der Waals surface area (Å²) in [5, 5.41) is 11.6. The summed E-state index contributed by atoms with van der Waals surface area (Å²) in [7, 11) is -2.01. The van der Waals surface area contributed by atoms with Crippen LogP contribution in [0.5, 0.6) is 0 Å². The minimum atomic E-state index is -2.01. The molecule has 0 radical (unpaired) electrons. The van der Waals surface area contributed by atoms with Gasteiger partial charge in [0.25, 0.3) is 5.56 Å². The average molecular weight is 581 g/mol. The van der Waals surface area contributed by atoms with Crippen LogP contribution < -0.4 is 11.2 Å². The molecule has 0 amide bonds. The number of halogens is 1. The standard InChI is InChI=1S/C31H37FN2O6Si/c1-4-41(5-2,6-3)18-17-31(22-38-20-23-13-9-7-10-14-23)27(39-21-24-15-11-8-12-16-24)26(35)29(40-31)34-19-25(32)28(36)33-30(34)37/h7-16,19,26-27,29,35H,4-6,20-22H2,1-3H3,(H,33,36,37)/t26-,27+,29-,31-/m1/s1. The molecule has 4 atom stereocenters. The second kappa shape index (κ2) is 13.6. The summed E-state index contributed by atoms with van der Waals surface area (Å²) in [5.41, 5.74) is 1.78. The van der Waals surface area contributed by atoms with Gasteiger partial charge < -0.3 is 19.3 Å². The van der Waals surface area contributed by atoms with Crippen LogP contribution in [0.15, 0.2) is 76.4 Å². The highest BCUT2D eigenvalue weighted by Gasteiger charge is 2.56. The first-order chi connectivity index (χ1) is 19.8. The third kappa shape index (κ3) is 6.94. The van der Waals surface area contributed by atoms with Gasteiger partial charge in [-0.1, -0.05) is 87.4 Å². The van der Waals surface area contributed by atoms with Crippen molar-refractivity contribution in [2.75, 3.05) is 6.61 Å². The molecule has 1 aliphatic heterocycles. The Morgan fingerprint density at radius 2 is 1.59 bits per heavy atom. The Hall–Kier alpha value is -3.33. The fourth-order valence-electron chi connectivity index (χ4n) is 5.04. The second-order valence-electron chi connectivity index (χ2n) is 10.3. The van der Waals surface area contributed by atoms with Crippen LogP contribution in [0.3, 0.4) is 0 Å². The summed E-state index contributed by atoms with van der Waals surface area (Å²) in [5.74, 6) is 2.16. The molecule has 0 aliphatic carbocycles. The first-order valence-electron chi connectivity index (χ1n) is 13.9. The fourth-order valence-corrected chi connectivity index (χ4v) is 7.55. The molecule has 1 aromatic heterocycles. The molecule has 1 aliphatic rings. The number of benzene rings is 2. The van der Waals surface area contributed by atoms with Crippen molar-refractivity contribution in [3.05, 3.63) is 105 Å². The van der Waals surface area contributed by atoms with Gasteiger partial charge in [0.15, 0.2) is 11.8 Å². The van der Waals surface area contributed by atoms with Gasteiger partial charge in [-0.25, -0.2) is 4.79 Å². The van der Waals surface area contributed by atoms with E-state index in [1.165, 1.54) is 0 Å². The van der Waals surface area contributed by atoms with E-state index in [4.69, 9.17) is 14.2 Å². The van der Waals surface area contributed by atoms with Crippen molar-refractivity contribution < 1.29 is 23.7 Å². The minimum Gasteiger partial charge on any atom is -0.386 e. The van der Waals surface area contributed by atoms with E-state index < -0.39 is 49.2 Å². The summed E-state index contributed by atoms with van der Waals surface area (Å²) in [6.45, 7) is 6.70. The molecule has 0 bridgehead atoms. The van der Waals surface area contributed by atoms with Crippen molar-refractivity contribution >= 4 is 8.07 Å². The lowest BCUT2D eigenvalue weighted by atomic mass is 9.96. The third-order valence-corrected chi connectivity index (χ3v) is 12.6. The maximum atomic E-state index is 14.3. The number of H-pyrrole nitrogens is 1. The van der Waals surface area contributed by atoms with Crippen LogP contribution in [-0.2, 0) is 27.4 Å². The molecule has 4 rings (SSSR count). The number of nitrogens with one attached hydrogen (secondary N) is 1. The Labute approximate surface area is 240 Å². The molecule has 2 N–H and O–H groups in total. The Bertz CT molecular complexity index is 1460. The topological polar surface area (TPSA) is 103 Å². The lowest BCUT2D eigenvalue weighted by Gasteiger charge is -2.31. The van der Waals surface area contributed by atoms with Gasteiger partial charge in [0.1, 0.15) is 20.3 Å². The Morgan fingerprint density at radius 1 is 1.00 bits per heavy atom. The van der Waals surface area contributed by atoms with Crippen LogP contribution in [0.4, 0.5) is 4.39 Å². The Balaban J connectivity index is 1.78. The molecule has 10 heteroatoms. The Morgan fingerprint density at radius 3 is 2.17 bits per heavy atom. The van der Waals surface area contributed by atoms with Crippen LogP contribution in [-0.4, -0.2) is 47.1 Å². The van der Waals surface area contributed by atoms with Crippen molar-refractivity contribution in [3.63, 3.8) is 0 Å². The van der Waals surface area contributed by atoms with Gasteiger partial charge in [-0.2, -0.15) is 4.39 Å². The zero-order chi connectivity index (χ0) is 29.5. The number of aliphatic hydroxyl groups is 1. The van der Waals surface area contributed by atoms with Gasteiger partial charge in [0.05, 0.1) is 26.0 Å². The van der Waals surface area contributed by atoms with Crippen molar-refractivity contribution in [3.8, 4) is 11.5 Å². The van der Waals surface area contributed by atoms with E-state index in [0.717, 1.165) is 40.0 Å². The SMILES string of the molecule is CC[Si](C#C[C@]1(COCc2ccccc2)O[C@@H](n2cc(F)c(=O)[nH]c2=O)[C@H](O)[C@@H]1OCc1ccccc1)(CC)CC. The number of rotatable bonds is 11. The maximum Gasteiger partial charge on any atom is 0.330 e. The first-order valence-corrected chi connectivity index (χ1v) is 16.6. The number of aliphatic hydroxyl groups excluding tert-OH is 1. The Kier molecular flexibility index (Phi) is 10.1. The van der Waals surface area contributed by atoms with Gasteiger partial charge >= 0.3 is 5.69 Å². The van der Waals surface area contributed by atoms with E-state index in [2.05, 4.69) is 32.2 Å². The van der Waals surface area contributed by atoms with E-state index in [9.17, 15) is 19.1 Å². The predicted octanol–water partition coefficient (Wildman–Crippen LogP) is 4.16.